The Hall–Kier alpha value is -0.340. The van der Waals surface area contributed by atoms with Crippen LogP contribution in [0.4, 0.5) is 0 Å². The number of unbranched alkanes of at least 4 members (excludes halogenated alkanes) is 4. The molecule has 0 radical (unpaired) electrons. The van der Waals surface area contributed by atoms with Crippen LogP contribution in [0.1, 0.15) is 81.5 Å². The van der Waals surface area contributed by atoms with Crippen molar-refractivity contribution in [1.29, 1.82) is 0 Å². The monoisotopic (exact) mass is 281 g/mol. The Morgan fingerprint density at radius 1 is 1.00 bits per heavy atom. The molecule has 1 heterocycles. The summed E-state index contributed by atoms with van der Waals surface area (Å²) in [6, 6.07) is 5.23. The average Bonchev–Trinajstić information content (AvgIpc) is 2.90. The van der Waals surface area contributed by atoms with E-state index in [0.717, 1.165) is 6.54 Å². The van der Waals surface area contributed by atoms with Gasteiger partial charge in [-0.1, -0.05) is 52.9 Å². The van der Waals surface area contributed by atoms with Gasteiger partial charge < -0.3 is 5.32 Å². The molecular weight excluding hydrogens is 250 g/mol. The Labute approximate surface area is 123 Å². The molecule has 1 atom stereocenters. The van der Waals surface area contributed by atoms with E-state index in [4.69, 9.17) is 0 Å². The number of hydrogen-bond acceptors (Lipinski definition) is 2. The highest BCUT2D eigenvalue weighted by Crippen LogP contribution is 2.27. The predicted octanol–water partition coefficient (Wildman–Crippen LogP) is 5.71. The Balaban J connectivity index is 2.41. The summed E-state index contributed by atoms with van der Waals surface area (Å²) in [5.74, 6) is 0. The van der Waals surface area contributed by atoms with Gasteiger partial charge in [-0.25, -0.2) is 0 Å². The van der Waals surface area contributed by atoms with Crippen molar-refractivity contribution in [2.45, 2.75) is 78.2 Å². The van der Waals surface area contributed by atoms with Crippen LogP contribution in [-0.4, -0.2) is 6.54 Å². The number of rotatable bonds is 11. The smallest absolute Gasteiger partial charge is 0.0414 e. The fraction of sp³-hybridized carbons (Fsp3) is 0.765. The Bertz CT molecular complexity index is 319. The van der Waals surface area contributed by atoms with Gasteiger partial charge >= 0.3 is 0 Å². The molecule has 110 valence electrons. The zero-order valence-electron chi connectivity index (χ0n) is 13.0. The van der Waals surface area contributed by atoms with Gasteiger partial charge in [-0.15, -0.1) is 11.3 Å². The molecule has 1 aromatic heterocycles. The fourth-order valence-corrected chi connectivity index (χ4v) is 3.45. The maximum absolute atomic E-state index is 3.72. The number of nitrogens with one attached hydrogen (secondary N) is 1. The molecule has 0 aliphatic heterocycles. The van der Waals surface area contributed by atoms with Gasteiger partial charge in [0.05, 0.1) is 0 Å². The summed E-state index contributed by atoms with van der Waals surface area (Å²) in [5.41, 5.74) is 0. The summed E-state index contributed by atoms with van der Waals surface area (Å²) < 4.78 is 0. The molecule has 1 nitrogen and oxygen atoms in total. The van der Waals surface area contributed by atoms with E-state index < -0.39 is 0 Å². The van der Waals surface area contributed by atoms with Crippen molar-refractivity contribution < 1.29 is 0 Å². The molecule has 19 heavy (non-hydrogen) atoms. The van der Waals surface area contributed by atoms with Crippen LogP contribution in [0.3, 0.4) is 0 Å². The summed E-state index contributed by atoms with van der Waals surface area (Å²) >= 11 is 2.00. The first-order valence-corrected chi connectivity index (χ1v) is 8.95. The van der Waals surface area contributed by atoms with Gasteiger partial charge in [-0.05, 0) is 37.9 Å². The van der Waals surface area contributed by atoms with Crippen molar-refractivity contribution in [3.63, 3.8) is 0 Å². The average molecular weight is 282 g/mol. The molecular formula is C17H31NS. The normalized spacial score (nSPS) is 12.8. The minimum absolute atomic E-state index is 0.590. The number of thiophene rings is 1. The summed E-state index contributed by atoms with van der Waals surface area (Å²) in [5, 5.41) is 3.72. The third-order valence-electron chi connectivity index (χ3n) is 3.61. The first-order chi connectivity index (χ1) is 9.31. The first kappa shape index (κ1) is 16.7. The van der Waals surface area contributed by atoms with E-state index in [1.54, 1.807) is 4.88 Å². The maximum atomic E-state index is 3.72. The molecule has 2 heteroatoms. The number of aryl methyl sites for hydroxylation is 1. The Kier molecular flexibility index (Phi) is 9.19. The van der Waals surface area contributed by atoms with Crippen molar-refractivity contribution in [3.8, 4) is 0 Å². The second-order valence-electron chi connectivity index (χ2n) is 5.37. The molecule has 0 saturated heterocycles. The Morgan fingerprint density at radius 3 is 2.42 bits per heavy atom. The molecule has 0 saturated carbocycles. The summed E-state index contributed by atoms with van der Waals surface area (Å²) in [6.45, 7) is 7.91. The molecule has 1 aromatic rings. The molecule has 0 aliphatic rings. The molecule has 1 unspecified atom stereocenters. The van der Waals surface area contributed by atoms with Crippen LogP contribution in [0, 0.1) is 0 Å². The third kappa shape index (κ3) is 6.58. The molecule has 0 aliphatic carbocycles. The van der Waals surface area contributed by atoms with Crippen LogP contribution in [0.25, 0.3) is 0 Å². The Morgan fingerprint density at radius 2 is 1.79 bits per heavy atom. The summed E-state index contributed by atoms with van der Waals surface area (Å²) in [6.07, 6.45) is 10.6. The van der Waals surface area contributed by atoms with E-state index in [-0.39, 0.29) is 0 Å². The molecule has 0 spiro atoms. The lowest BCUT2D eigenvalue weighted by atomic mass is 10.0. The second-order valence-corrected chi connectivity index (χ2v) is 6.57. The lowest BCUT2D eigenvalue weighted by molar-refractivity contribution is 0.473. The van der Waals surface area contributed by atoms with Crippen LogP contribution >= 0.6 is 11.3 Å². The van der Waals surface area contributed by atoms with E-state index in [1.807, 2.05) is 11.3 Å². The lowest BCUT2D eigenvalue weighted by Crippen LogP contribution is -2.21. The van der Waals surface area contributed by atoms with E-state index in [1.165, 1.54) is 56.2 Å². The molecule has 0 amide bonds. The minimum Gasteiger partial charge on any atom is -0.309 e. The largest absolute Gasteiger partial charge is 0.309 e. The van der Waals surface area contributed by atoms with Gasteiger partial charge in [0.25, 0.3) is 0 Å². The van der Waals surface area contributed by atoms with Gasteiger partial charge in [-0.2, -0.15) is 0 Å². The first-order valence-electron chi connectivity index (χ1n) is 8.13. The predicted molar refractivity (Wildman–Crippen MR) is 88.1 cm³/mol. The maximum Gasteiger partial charge on any atom is 0.0414 e. The van der Waals surface area contributed by atoms with Crippen molar-refractivity contribution in [3.05, 3.63) is 21.9 Å². The minimum atomic E-state index is 0.590. The highest BCUT2D eigenvalue weighted by atomic mass is 32.1. The molecule has 1 N–H and O–H groups in total. The van der Waals surface area contributed by atoms with Gasteiger partial charge in [0.15, 0.2) is 0 Å². The standard InChI is InChI=1S/C17H31NS/c1-4-7-8-9-10-11-16(18-14-5-2)17-13-12-15(6-3)19-17/h12-13,16,18H,4-11,14H2,1-3H3. The van der Waals surface area contributed by atoms with Crippen molar-refractivity contribution >= 4 is 11.3 Å². The zero-order valence-corrected chi connectivity index (χ0v) is 13.8. The topological polar surface area (TPSA) is 12.0 Å². The summed E-state index contributed by atoms with van der Waals surface area (Å²) in [4.78, 5) is 3.06. The summed E-state index contributed by atoms with van der Waals surface area (Å²) in [7, 11) is 0. The van der Waals surface area contributed by atoms with E-state index in [0.29, 0.717) is 6.04 Å². The third-order valence-corrected chi connectivity index (χ3v) is 4.95. The van der Waals surface area contributed by atoms with E-state index >= 15 is 0 Å². The van der Waals surface area contributed by atoms with Crippen LogP contribution in [0.2, 0.25) is 0 Å². The van der Waals surface area contributed by atoms with Gasteiger partial charge in [0, 0.05) is 15.8 Å². The molecule has 0 bridgehead atoms. The highest BCUT2D eigenvalue weighted by molar-refractivity contribution is 7.12. The zero-order chi connectivity index (χ0) is 13.9. The molecule has 0 aromatic carbocycles. The van der Waals surface area contributed by atoms with Crippen molar-refractivity contribution in [2.75, 3.05) is 6.54 Å². The highest BCUT2D eigenvalue weighted by Gasteiger charge is 2.12. The van der Waals surface area contributed by atoms with Crippen LogP contribution < -0.4 is 5.32 Å². The van der Waals surface area contributed by atoms with Gasteiger partial charge in [-0.3, -0.25) is 0 Å². The van der Waals surface area contributed by atoms with E-state index in [2.05, 4.69) is 38.2 Å². The van der Waals surface area contributed by atoms with Crippen molar-refractivity contribution in [1.82, 2.24) is 5.32 Å². The number of hydrogen-bond donors (Lipinski definition) is 1. The van der Waals surface area contributed by atoms with Gasteiger partial charge in [0.2, 0.25) is 0 Å². The van der Waals surface area contributed by atoms with Gasteiger partial charge in [0.1, 0.15) is 0 Å². The quantitative estimate of drug-likeness (QED) is 0.512. The van der Waals surface area contributed by atoms with E-state index in [9.17, 15) is 0 Å². The lowest BCUT2D eigenvalue weighted by Gasteiger charge is -2.17. The van der Waals surface area contributed by atoms with Crippen LogP contribution in [0.15, 0.2) is 12.1 Å². The molecule has 0 fully saturated rings. The molecule has 1 rings (SSSR count). The second kappa shape index (κ2) is 10.4. The van der Waals surface area contributed by atoms with Crippen LogP contribution in [0.5, 0.6) is 0 Å². The fourth-order valence-electron chi connectivity index (χ4n) is 2.39. The SMILES string of the molecule is CCCCCCCC(NCCC)c1ccc(CC)s1. The van der Waals surface area contributed by atoms with Crippen LogP contribution in [-0.2, 0) is 6.42 Å². The van der Waals surface area contributed by atoms with Crippen molar-refractivity contribution in [2.24, 2.45) is 0 Å².